The van der Waals surface area contributed by atoms with Gasteiger partial charge in [0.25, 0.3) is 0 Å². The van der Waals surface area contributed by atoms with Crippen LogP contribution in [0.2, 0.25) is 0 Å². The van der Waals surface area contributed by atoms with Crippen molar-refractivity contribution in [2.24, 2.45) is 0 Å². The van der Waals surface area contributed by atoms with Gasteiger partial charge >= 0.3 is 0 Å². The van der Waals surface area contributed by atoms with Gasteiger partial charge in [-0.25, -0.2) is 4.98 Å². The molecule has 118 valence electrons. The first kappa shape index (κ1) is 14.4. The van der Waals surface area contributed by atoms with E-state index in [4.69, 9.17) is 4.98 Å². The molecule has 5 heteroatoms. The Kier molecular flexibility index (Phi) is 4.26. The largest absolute Gasteiger partial charge is 0.369 e. The Hall–Kier alpha value is -1.20. The number of fused-ring (bicyclic) bond motifs is 1. The molecule has 1 atom stereocenters. The summed E-state index contributed by atoms with van der Waals surface area (Å²) in [6.45, 7) is 4.32. The van der Waals surface area contributed by atoms with Gasteiger partial charge in [-0.3, -0.25) is 0 Å². The van der Waals surface area contributed by atoms with Gasteiger partial charge in [0.1, 0.15) is 5.65 Å². The van der Waals surface area contributed by atoms with Crippen molar-refractivity contribution in [3.63, 3.8) is 0 Å². The van der Waals surface area contributed by atoms with Gasteiger partial charge in [-0.05, 0) is 24.7 Å². The van der Waals surface area contributed by atoms with Crippen molar-refractivity contribution in [3.8, 4) is 0 Å². The first-order chi connectivity index (χ1) is 10.9. The molecule has 0 aliphatic carbocycles. The third kappa shape index (κ3) is 3.10. The number of pyridine rings is 1. The quantitative estimate of drug-likeness (QED) is 0.943. The number of thioether (sulfide) groups is 1. The van der Waals surface area contributed by atoms with Crippen LogP contribution in [0.15, 0.2) is 24.5 Å². The van der Waals surface area contributed by atoms with E-state index in [1.165, 1.54) is 36.4 Å². The zero-order chi connectivity index (χ0) is 14.8. The van der Waals surface area contributed by atoms with Crippen molar-refractivity contribution in [3.05, 3.63) is 30.2 Å². The van der Waals surface area contributed by atoms with E-state index in [-0.39, 0.29) is 0 Å². The molecule has 2 aliphatic heterocycles. The van der Waals surface area contributed by atoms with Gasteiger partial charge in [0.15, 0.2) is 0 Å². The van der Waals surface area contributed by atoms with E-state index in [9.17, 15) is 0 Å². The molecule has 0 radical (unpaired) electrons. The van der Waals surface area contributed by atoms with Crippen LogP contribution in [0.3, 0.4) is 0 Å². The molecule has 4 nitrogen and oxygen atoms in total. The molecule has 4 rings (SSSR count). The van der Waals surface area contributed by atoms with Crippen molar-refractivity contribution in [2.75, 3.05) is 36.8 Å². The van der Waals surface area contributed by atoms with Crippen LogP contribution in [0.5, 0.6) is 0 Å². The number of nitrogens with zero attached hydrogens (tertiary/aromatic N) is 3. The normalized spacial score (nSPS) is 23.1. The monoisotopic (exact) mass is 316 g/mol. The molecule has 2 saturated heterocycles. The first-order valence-electron chi connectivity index (χ1n) is 8.43. The van der Waals surface area contributed by atoms with Gasteiger partial charge in [0.2, 0.25) is 0 Å². The highest BCUT2D eigenvalue weighted by atomic mass is 32.2. The zero-order valence-corrected chi connectivity index (χ0v) is 13.8. The Morgan fingerprint density at radius 3 is 3.00 bits per heavy atom. The lowest BCUT2D eigenvalue weighted by Crippen LogP contribution is -2.43. The number of hydrogen-bond donors (Lipinski definition) is 1. The summed E-state index contributed by atoms with van der Waals surface area (Å²) in [4.78, 5) is 7.32. The molecule has 0 bridgehead atoms. The van der Waals surface area contributed by atoms with E-state index in [2.05, 4.69) is 50.9 Å². The van der Waals surface area contributed by atoms with Crippen molar-refractivity contribution < 1.29 is 0 Å². The lowest BCUT2D eigenvalue weighted by atomic mass is 10.1. The number of aromatic nitrogens is 2. The van der Waals surface area contributed by atoms with Crippen molar-refractivity contribution in [1.82, 2.24) is 14.7 Å². The molecule has 2 aromatic heterocycles. The molecule has 0 spiro atoms. The van der Waals surface area contributed by atoms with Gasteiger partial charge in [-0.15, -0.1) is 0 Å². The van der Waals surface area contributed by atoms with Crippen LogP contribution in [-0.4, -0.2) is 46.6 Å². The van der Waals surface area contributed by atoms with E-state index >= 15 is 0 Å². The number of anilines is 1. The SMILES string of the molecule is c1cn2cc(CC3CCCCS3)nc2cc1N1CCNCC1. The fourth-order valence-corrected chi connectivity index (χ4v) is 4.77. The minimum absolute atomic E-state index is 0.770. The lowest BCUT2D eigenvalue weighted by Gasteiger charge is -2.29. The number of imidazole rings is 1. The number of piperazine rings is 1. The minimum Gasteiger partial charge on any atom is -0.369 e. The maximum absolute atomic E-state index is 4.87. The smallest absolute Gasteiger partial charge is 0.139 e. The standard InChI is InChI=1S/C17H24N4S/c1-2-10-22-16(3-1)11-14-13-21-7-4-15(12-17(21)19-14)20-8-5-18-6-9-20/h4,7,12-13,16,18H,1-3,5-6,8-11H2. The number of hydrogen-bond acceptors (Lipinski definition) is 4. The predicted molar refractivity (Wildman–Crippen MR) is 94.1 cm³/mol. The molecule has 1 N–H and O–H groups in total. The van der Waals surface area contributed by atoms with Gasteiger partial charge in [0, 0.05) is 62.0 Å². The van der Waals surface area contributed by atoms with Crippen molar-refractivity contribution >= 4 is 23.1 Å². The summed E-state index contributed by atoms with van der Waals surface area (Å²) in [5.41, 5.74) is 3.64. The Morgan fingerprint density at radius 2 is 2.18 bits per heavy atom. The molecular formula is C17H24N4S. The summed E-state index contributed by atoms with van der Waals surface area (Å²) >= 11 is 2.13. The van der Waals surface area contributed by atoms with E-state index in [0.29, 0.717) is 0 Å². The minimum atomic E-state index is 0.770. The van der Waals surface area contributed by atoms with Crippen LogP contribution in [0.25, 0.3) is 5.65 Å². The molecule has 2 aromatic rings. The van der Waals surface area contributed by atoms with Crippen LogP contribution in [-0.2, 0) is 6.42 Å². The Morgan fingerprint density at radius 1 is 1.27 bits per heavy atom. The highest BCUT2D eigenvalue weighted by molar-refractivity contribution is 7.99. The first-order valence-corrected chi connectivity index (χ1v) is 9.48. The second-order valence-electron chi connectivity index (χ2n) is 6.31. The predicted octanol–water partition coefficient (Wildman–Crippen LogP) is 2.57. The average molecular weight is 316 g/mol. The van der Waals surface area contributed by atoms with Gasteiger partial charge in [-0.2, -0.15) is 11.8 Å². The number of rotatable bonds is 3. The van der Waals surface area contributed by atoms with E-state index in [1.54, 1.807) is 0 Å². The summed E-state index contributed by atoms with van der Waals surface area (Å²) in [6, 6.07) is 4.46. The average Bonchev–Trinajstić information content (AvgIpc) is 2.98. The third-order valence-electron chi connectivity index (χ3n) is 4.69. The fraction of sp³-hybridized carbons (Fsp3) is 0.588. The Bertz CT molecular complexity index is 627. The van der Waals surface area contributed by atoms with Gasteiger partial charge < -0.3 is 14.6 Å². The topological polar surface area (TPSA) is 32.6 Å². The van der Waals surface area contributed by atoms with Gasteiger partial charge in [0.05, 0.1) is 5.69 Å². The fourth-order valence-electron chi connectivity index (χ4n) is 3.44. The van der Waals surface area contributed by atoms with Gasteiger partial charge in [-0.1, -0.05) is 6.42 Å². The van der Waals surface area contributed by atoms with E-state index < -0.39 is 0 Å². The zero-order valence-electron chi connectivity index (χ0n) is 13.0. The molecule has 0 amide bonds. The van der Waals surface area contributed by atoms with Crippen LogP contribution < -0.4 is 10.2 Å². The second kappa shape index (κ2) is 6.50. The molecule has 4 heterocycles. The molecule has 0 aromatic carbocycles. The summed E-state index contributed by atoms with van der Waals surface area (Å²) in [5, 5.41) is 4.18. The molecule has 2 fully saturated rings. The second-order valence-corrected chi connectivity index (χ2v) is 7.72. The molecule has 0 saturated carbocycles. The molecule has 1 unspecified atom stereocenters. The van der Waals surface area contributed by atoms with Crippen molar-refractivity contribution in [2.45, 2.75) is 30.9 Å². The van der Waals surface area contributed by atoms with E-state index in [0.717, 1.165) is 43.5 Å². The molecular weight excluding hydrogens is 292 g/mol. The third-order valence-corrected chi connectivity index (χ3v) is 6.08. The molecule has 22 heavy (non-hydrogen) atoms. The Labute approximate surface area is 136 Å². The maximum atomic E-state index is 4.87. The van der Waals surface area contributed by atoms with Crippen LogP contribution in [0, 0.1) is 0 Å². The van der Waals surface area contributed by atoms with Crippen molar-refractivity contribution in [1.29, 1.82) is 0 Å². The van der Waals surface area contributed by atoms with E-state index in [1.807, 2.05) is 0 Å². The molecule has 2 aliphatic rings. The highest BCUT2D eigenvalue weighted by Crippen LogP contribution is 2.28. The lowest BCUT2D eigenvalue weighted by molar-refractivity contribution is 0.589. The highest BCUT2D eigenvalue weighted by Gasteiger charge is 2.16. The number of nitrogens with one attached hydrogen (secondary N) is 1. The van der Waals surface area contributed by atoms with Crippen LogP contribution in [0.4, 0.5) is 5.69 Å². The summed E-state index contributed by atoms with van der Waals surface area (Å²) in [7, 11) is 0. The summed E-state index contributed by atoms with van der Waals surface area (Å²) < 4.78 is 2.18. The summed E-state index contributed by atoms with van der Waals surface area (Å²) in [5.74, 6) is 1.32. The van der Waals surface area contributed by atoms with Crippen LogP contribution >= 0.6 is 11.8 Å². The summed E-state index contributed by atoms with van der Waals surface area (Å²) in [6.07, 6.45) is 9.63. The maximum Gasteiger partial charge on any atom is 0.139 e. The Balaban J connectivity index is 1.52. The van der Waals surface area contributed by atoms with Crippen LogP contribution in [0.1, 0.15) is 25.0 Å².